The third-order valence-electron chi connectivity index (χ3n) is 0.954. The van der Waals surface area contributed by atoms with Crippen LogP contribution in [-0.2, 0) is 16.7 Å². The Morgan fingerprint density at radius 1 is 1.64 bits per heavy atom. The highest BCUT2D eigenvalue weighted by Gasteiger charge is 2.22. The van der Waals surface area contributed by atoms with E-state index in [4.69, 9.17) is 14.9 Å². The number of aliphatic hydroxyl groups excluding tert-OH is 1. The molecule has 0 saturated heterocycles. The smallest absolute Gasteiger partial charge is 0.785 e. The van der Waals surface area contributed by atoms with Crippen LogP contribution in [0.25, 0.3) is 0 Å². The summed E-state index contributed by atoms with van der Waals surface area (Å²) < 4.78 is 18.1. The number of phosphoric acid groups is 1. The molecule has 0 saturated carbocycles. The minimum Gasteiger partial charge on any atom is -0.787 e. The number of rotatable bonds is 6. The molecule has 0 fully saturated rings. The predicted octanol–water partition coefficient (Wildman–Crippen LogP) is -2.38. The van der Waals surface area contributed by atoms with Crippen molar-refractivity contribution in [3.8, 4) is 0 Å². The molecule has 0 amide bonds. The number of hydrogen-bond acceptors (Lipinski definition) is 7. The van der Waals surface area contributed by atoms with Gasteiger partial charge >= 0.3 is 23.7 Å². The van der Waals surface area contributed by atoms with Crippen LogP contribution in [0.2, 0.25) is 0 Å². The molecule has 4 N–H and O–H groups in total. The Morgan fingerprint density at radius 2 is 2.21 bits per heavy atom. The third kappa shape index (κ3) is 6.45. The molecular weight excluding hydrogens is 236 g/mol. The summed E-state index contributed by atoms with van der Waals surface area (Å²) in [6.07, 6.45) is 0. The molecule has 0 aromatic rings. The van der Waals surface area contributed by atoms with Crippen molar-refractivity contribution in [1.82, 2.24) is 5.48 Å². The summed E-state index contributed by atoms with van der Waals surface area (Å²) in [6, 6.07) is -1.47. The van der Waals surface area contributed by atoms with Crippen LogP contribution in [0.1, 0.15) is 0 Å². The van der Waals surface area contributed by atoms with Crippen molar-refractivity contribution in [1.29, 1.82) is 0 Å². The number of carbonyl (C=O) groups excluding carboxylic acids is 1. The molecule has 0 rings (SSSR count). The molecule has 0 heterocycles. The van der Waals surface area contributed by atoms with E-state index in [0.717, 1.165) is 0 Å². The van der Waals surface area contributed by atoms with Gasteiger partial charge in [0.2, 0.25) is 0 Å². The van der Waals surface area contributed by atoms with E-state index < -0.39 is 42.3 Å². The van der Waals surface area contributed by atoms with Crippen molar-refractivity contribution >= 4 is 29.7 Å². The average Bonchev–Trinajstić information content (AvgIpc) is 2.04. The summed E-state index contributed by atoms with van der Waals surface area (Å²) in [7, 11) is -4.67. The molecule has 0 spiro atoms. The fourth-order valence-corrected chi connectivity index (χ4v) is 1.25. The molecule has 0 bridgehead atoms. The van der Waals surface area contributed by atoms with E-state index in [1.165, 1.54) is 5.48 Å². The molecule has 81 valence electrons. The highest BCUT2D eigenvalue weighted by atomic mass is 31.2. The van der Waals surface area contributed by atoms with Crippen molar-refractivity contribution in [3.05, 3.63) is 5.21 Å². The third-order valence-corrected chi connectivity index (χ3v) is 2.73. The first-order valence-electron chi connectivity index (χ1n) is 3.15. The normalized spacial score (nSPS) is 13.4. The summed E-state index contributed by atoms with van der Waals surface area (Å²) >= 11 is -1.72. The Balaban J connectivity index is 3.79. The monoisotopic (exact) mass is 243 g/mol. The van der Waals surface area contributed by atoms with Gasteiger partial charge in [-0.25, -0.2) is 4.57 Å². The Hall–Kier alpha value is -0.00753. The molecule has 0 aliphatic rings. The van der Waals surface area contributed by atoms with Crippen LogP contribution in [-0.4, -0.2) is 49.4 Å². The van der Waals surface area contributed by atoms with E-state index in [-0.39, 0.29) is 0 Å². The van der Waals surface area contributed by atoms with E-state index >= 15 is 0 Å². The second-order valence-electron chi connectivity index (χ2n) is 1.98. The lowest BCUT2D eigenvalue weighted by atomic mass is 10.3. The lowest BCUT2D eigenvalue weighted by molar-refractivity contribution is -0.138. The standard InChI is InChI=1S/C3H6NO4.Al.H3O4P/c5-1-2(4-8)3(6)7;;1-5(2,3)4/h2,4-5H,1H2,(H,6,7);;(H3,1,2,3,4)/q-1;+2;/p-2/t2-;;/m0../s1. The zero-order valence-electron chi connectivity index (χ0n) is 6.69. The highest BCUT2D eigenvalue weighted by molar-refractivity contribution is 7.47. The molecule has 14 heavy (non-hydrogen) atoms. The summed E-state index contributed by atoms with van der Waals surface area (Å²) in [5.41, 5.74) is 1.19. The van der Waals surface area contributed by atoms with E-state index in [1.807, 2.05) is 0 Å². The number of carbonyl (C=O) groups is 1. The topological polar surface area (TPSA) is 148 Å². The molecule has 1 atom stereocenters. The van der Waals surface area contributed by atoms with Crippen molar-refractivity contribution < 1.29 is 31.6 Å². The van der Waals surface area contributed by atoms with Gasteiger partial charge in [-0.15, -0.1) is 0 Å². The maximum Gasteiger partial charge on any atom is 0.785 e. The highest BCUT2D eigenvalue weighted by Crippen LogP contribution is 2.34. The Bertz CT molecular complexity index is 225. The van der Waals surface area contributed by atoms with E-state index in [1.54, 1.807) is 0 Å². The number of hydrogen-bond donors (Lipinski definition) is 4. The molecule has 0 aliphatic heterocycles. The van der Waals surface area contributed by atoms with Crippen molar-refractivity contribution in [2.45, 2.75) is 6.04 Å². The maximum absolute atomic E-state index is 10.7. The first kappa shape index (κ1) is 14.0. The van der Waals surface area contributed by atoms with Crippen LogP contribution in [0.4, 0.5) is 0 Å². The number of hydroxylamine groups is 1. The van der Waals surface area contributed by atoms with Gasteiger partial charge in [-0.2, -0.15) is 0 Å². The van der Waals surface area contributed by atoms with Crippen molar-refractivity contribution in [2.24, 2.45) is 0 Å². The largest absolute Gasteiger partial charge is 0.787 e. The van der Waals surface area contributed by atoms with E-state index in [9.17, 15) is 14.6 Å². The van der Waals surface area contributed by atoms with Gasteiger partial charge in [0.15, 0.2) is 0 Å². The van der Waals surface area contributed by atoms with Crippen molar-refractivity contribution in [2.75, 3.05) is 6.61 Å². The Kier molecular flexibility index (Phi) is 6.47. The van der Waals surface area contributed by atoms with Gasteiger partial charge < -0.3 is 32.9 Å². The molecule has 0 unspecified atom stereocenters. The summed E-state index contributed by atoms with van der Waals surface area (Å²) in [5.74, 6) is -1.13. The Morgan fingerprint density at radius 3 is 2.57 bits per heavy atom. The van der Waals surface area contributed by atoms with Crippen LogP contribution in [0.15, 0.2) is 0 Å². The maximum atomic E-state index is 10.7. The number of nitrogens with one attached hydrogen (secondary N) is 1. The van der Waals surface area contributed by atoms with Crippen LogP contribution in [0.3, 0.4) is 0 Å². The zero-order valence-corrected chi connectivity index (χ0v) is 8.74. The van der Waals surface area contributed by atoms with Gasteiger partial charge in [-0.3, -0.25) is 4.79 Å². The van der Waals surface area contributed by atoms with Crippen LogP contribution >= 0.6 is 7.82 Å². The molecule has 0 aliphatic carbocycles. The second-order valence-corrected chi connectivity index (χ2v) is 4.23. The molecule has 0 aromatic carbocycles. The first-order chi connectivity index (χ1) is 6.40. The quantitative estimate of drug-likeness (QED) is 0.228. The molecule has 0 aromatic heterocycles. The fourth-order valence-electron chi connectivity index (χ4n) is 0.367. The van der Waals surface area contributed by atoms with E-state index in [0.29, 0.717) is 0 Å². The van der Waals surface area contributed by atoms with Crippen LogP contribution in [0.5, 0.6) is 0 Å². The van der Waals surface area contributed by atoms with Crippen LogP contribution in [0, 0.1) is 5.21 Å². The predicted molar refractivity (Wildman–Crippen MR) is 42.4 cm³/mol. The van der Waals surface area contributed by atoms with Gasteiger partial charge in [-0.1, -0.05) is 0 Å². The second kappa shape index (κ2) is 6.47. The van der Waals surface area contributed by atoms with Crippen molar-refractivity contribution in [3.63, 3.8) is 0 Å². The lowest BCUT2D eigenvalue weighted by Crippen LogP contribution is -2.38. The minimum absolute atomic E-state index is 0.780. The van der Waals surface area contributed by atoms with Gasteiger partial charge in [0, 0.05) is 0 Å². The SMILES string of the molecule is O=C([O][Al][O]P(=O)(O)O)[C@H](CO)N[O-]. The first-order valence-corrected chi connectivity index (χ1v) is 5.62. The van der Waals surface area contributed by atoms with Gasteiger partial charge in [0.05, 0.1) is 6.61 Å². The van der Waals surface area contributed by atoms with Crippen LogP contribution < -0.4 is 5.48 Å². The van der Waals surface area contributed by atoms with E-state index in [2.05, 4.69) is 7.36 Å². The van der Waals surface area contributed by atoms with Gasteiger partial charge in [-0.05, 0) is 0 Å². The van der Waals surface area contributed by atoms with Gasteiger partial charge in [0.25, 0.3) is 5.97 Å². The molecule has 1 radical (unpaired) electrons. The molecular formula is C3H7AlNO8P-. The molecule has 11 heteroatoms. The average molecular weight is 243 g/mol. The summed E-state index contributed by atoms with van der Waals surface area (Å²) in [4.78, 5) is 27.1. The minimum atomic E-state index is -4.67. The summed E-state index contributed by atoms with van der Waals surface area (Å²) in [5, 5.41) is 18.4. The number of aliphatic hydroxyl groups is 1. The fraction of sp³-hybridized carbons (Fsp3) is 0.667. The lowest BCUT2D eigenvalue weighted by Gasteiger charge is -2.18. The zero-order chi connectivity index (χ0) is 11.2. The van der Waals surface area contributed by atoms with Gasteiger partial charge in [0.1, 0.15) is 6.04 Å². The Labute approximate surface area is 85.2 Å². The summed E-state index contributed by atoms with van der Waals surface area (Å²) in [6.45, 7) is -0.780. The molecule has 9 nitrogen and oxygen atoms in total.